The van der Waals surface area contributed by atoms with Crippen LogP contribution >= 0.6 is 11.6 Å². The number of anilines is 1. The van der Waals surface area contributed by atoms with Crippen LogP contribution < -0.4 is 15.2 Å². The van der Waals surface area contributed by atoms with Crippen molar-refractivity contribution in [1.29, 1.82) is 0 Å². The van der Waals surface area contributed by atoms with Crippen LogP contribution in [0.25, 0.3) is 0 Å². The maximum Gasteiger partial charge on any atom is 0.166 e. The summed E-state index contributed by atoms with van der Waals surface area (Å²) >= 11 is 5.62. The normalized spacial score (nSPS) is 11.9. The Hall–Kier alpha value is -2.93. The second-order valence-electron chi connectivity index (χ2n) is 5.72. The highest BCUT2D eigenvalue weighted by molar-refractivity contribution is 6.30. The molecule has 2 N–H and O–H groups in total. The Morgan fingerprint density at radius 1 is 1.19 bits per heavy atom. The third-order valence-corrected chi connectivity index (χ3v) is 4.16. The molecule has 8 heteroatoms. The highest BCUT2D eigenvalue weighted by atomic mass is 35.5. The van der Waals surface area contributed by atoms with E-state index in [2.05, 4.69) is 9.97 Å². The van der Waals surface area contributed by atoms with Gasteiger partial charge in [-0.2, -0.15) is 0 Å². The molecule has 2 heterocycles. The number of aromatic nitrogens is 2. The molecule has 0 aliphatic rings. The summed E-state index contributed by atoms with van der Waals surface area (Å²) in [6.45, 7) is 1.90. The molecule has 0 aliphatic carbocycles. The molecule has 5 nitrogen and oxygen atoms in total. The fraction of sp³-hybridized carbons (Fsp3) is 0.158. The lowest BCUT2D eigenvalue weighted by molar-refractivity contribution is 0.219. The lowest BCUT2D eigenvalue weighted by Gasteiger charge is -2.18. The monoisotopic (exact) mass is 391 g/mol. The molecule has 27 heavy (non-hydrogen) atoms. The van der Waals surface area contributed by atoms with E-state index in [1.807, 2.05) is 12.1 Å². The number of rotatable bonds is 6. The zero-order valence-corrected chi connectivity index (χ0v) is 15.1. The van der Waals surface area contributed by atoms with E-state index < -0.39 is 22.8 Å². The topological polar surface area (TPSA) is 70.3 Å². The molecule has 0 fully saturated rings. The molecule has 1 atom stereocenters. The number of benzene rings is 1. The van der Waals surface area contributed by atoms with Gasteiger partial charge >= 0.3 is 0 Å². The lowest BCUT2D eigenvalue weighted by atomic mass is 10.1. The molecule has 3 rings (SSSR count). The molecule has 1 aromatic carbocycles. The Morgan fingerprint density at radius 3 is 2.67 bits per heavy atom. The summed E-state index contributed by atoms with van der Waals surface area (Å²) in [7, 11) is 0. The third kappa shape index (κ3) is 4.43. The van der Waals surface area contributed by atoms with E-state index in [0.29, 0.717) is 12.4 Å². The van der Waals surface area contributed by atoms with Crippen LogP contribution in [-0.2, 0) is 6.61 Å². The van der Waals surface area contributed by atoms with E-state index in [1.165, 1.54) is 12.3 Å². The van der Waals surface area contributed by atoms with Gasteiger partial charge in [0.2, 0.25) is 0 Å². The number of hydrogen-bond donors (Lipinski definition) is 1. The number of halogens is 3. The van der Waals surface area contributed by atoms with Crippen molar-refractivity contribution in [3.8, 4) is 11.5 Å². The summed E-state index contributed by atoms with van der Waals surface area (Å²) in [5.74, 6) is -0.944. The predicted octanol–water partition coefficient (Wildman–Crippen LogP) is 4.71. The summed E-state index contributed by atoms with van der Waals surface area (Å²) in [4.78, 5) is 7.97. The minimum absolute atomic E-state index is 0.101. The van der Waals surface area contributed by atoms with Gasteiger partial charge in [0.05, 0.1) is 6.20 Å². The summed E-state index contributed by atoms with van der Waals surface area (Å²) in [6.07, 6.45) is 4.02. The lowest BCUT2D eigenvalue weighted by Crippen LogP contribution is -2.09. The zero-order chi connectivity index (χ0) is 19.4. The van der Waals surface area contributed by atoms with E-state index in [9.17, 15) is 8.78 Å². The van der Waals surface area contributed by atoms with E-state index in [1.54, 1.807) is 25.4 Å². The quantitative estimate of drug-likeness (QED) is 0.616. The van der Waals surface area contributed by atoms with Gasteiger partial charge in [0.1, 0.15) is 29.3 Å². The first-order valence-electron chi connectivity index (χ1n) is 8.03. The van der Waals surface area contributed by atoms with Gasteiger partial charge in [-0.15, -0.1) is 0 Å². The standard InChI is InChI=1S/C19H16ClF2N3O2/c1-11(14-2-3-15(21)17(20)18(14)22)27-16-8-13(9-25-19(16)23)26-10-12-4-6-24-7-5-12/h2-9,11H,10H2,1H3,(H2,23,25). The number of ether oxygens (including phenoxy) is 2. The Bertz CT molecular complexity index is 942. The second-order valence-corrected chi connectivity index (χ2v) is 6.10. The minimum atomic E-state index is -0.874. The molecule has 1 unspecified atom stereocenters. The van der Waals surface area contributed by atoms with Crippen molar-refractivity contribution in [3.63, 3.8) is 0 Å². The zero-order valence-electron chi connectivity index (χ0n) is 14.3. The molecule has 0 saturated carbocycles. The molecule has 0 amide bonds. The molecule has 140 valence electrons. The fourth-order valence-electron chi connectivity index (χ4n) is 2.36. The van der Waals surface area contributed by atoms with Crippen LogP contribution in [0.4, 0.5) is 14.6 Å². The molecule has 0 saturated heterocycles. The van der Waals surface area contributed by atoms with Crippen molar-refractivity contribution < 1.29 is 18.3 Å². The van der Waals surface area contributed by atoms with Crippen LogP contribution in [-0.4, -0.2) is 9.97 Å². The van der Waals surface area contributed by atoms with E-state index in [0.717, 1.165) is 11.6 Å². The summed E-state index contributed by atoms with van der Waals surface area (Å²) < 4.78 is 38.9. The number of nitrogens with zero attached hydrogens (tertiary/aromatic N) is 2. The van der Waals surface area contributed by atoms with Crippen molar-refractivity contribution >= 4 is 17.4 Å². The smallest absolute Gasteiger partial charge is 0.166 e. The van der Waals surface area contributed by atoms with Crippen LogP contribution in [0.15, 0.2) is 48.9 Å². The molecule has 0 aliphatic heterocycles. The number of hydrogen-bond acceptors (Lipinski definition) is 5. The molecule has 0 radical (unpaired) electrons. The molecular weight excluding hydrogens is 376 g/mol. The second kappa shape index (κ2) is 8.18. The first-order valence-corrected chi connectivity index (χ1v) is 8.40. The Balaban J connectivity index is 1.75. The van der Waals surface area contributed by atoms with Gasteiger partial charge in [-0.1, -0.05) is 11.6 Å². The maximum absolute atomic E-state index is 14.2. The summed E-state index contributed by atoms with van der Waals surface area (Å²) in [6, 6.07) is 7.56. The number of nitrogens with two attached hydrogens (primary N) is 1. The Kier molecular flexibility index (Phi) is 5.71. The van der Waals surface area contributed by atoms with Crippen LogP contribution in [0.5, 0.6) is 11.5 Å². The highest BCUT2D eigenvalue weighted by Gasteiger charge is 2.19. The first kappa shape index (κ1) is 18.8. The number of pyridine rings is 2. The van der Waals surface area contributed by atoms with Crippen molar-refractivity contribution in [3.05, 3.63) is 76.7 Å². The molecule has 0 bridgehead atoms. The van der Waals surface area contributed by atoms with E-state index >= 15 is 0 Å². The summed E-state index contributed by atoms with van der Waals surface area (Å²) in [5.41, 5.74) is 6.87. The Labute approximate surface area is 159 Å². The first-order chi connectivity index (χ1) is 13.0. The fourth-order valence-corrected chi connectivity index (χ4v) is 2.54. The van der Waals surface area contributed by atoms with E-state index in [4.69, 9.17) is 26.8 Å². The van der Waals surface area contributed by atoms with Crippen molar-refractivity contribution in [2.75, 3.05) is 5.73 Å². The predicted molar refractivity (Wildman–Crippen MR) is 97.6 cm³/mol. The van der Waals surface area contributed by atoms with Crippen molar-refractivity contribution in [2.45, 2.75) is 19.6 Å². The van der Waals surface area contributed by atoms with Crippen LogP contribution in [0, 0.1) is 11.6 Å². The molecule has 2 aromatic heterocycles. The largest absolute Gasteiger partial charge is 0.487 e. The van der Waals surface area contributed by atoms with Gasteiger partial charge in [-0.25, -0.2) is 13.8 Å². The van der Waals surface area contributed by atoms with Gasteiger partial charge in [-0.05, 0) is 36.8 Å². The van der Waals surface area contributed by atoms with E-state index in [-0.39, 0.29) is 17.1 Å². The van der Waals surface area contributed by atoms with Crippen LogP contribution in [0.1, 0.15) is 24.2 Å². The highest BCUT2D eigenvalue weighted by Crippen LogP contribution is 2.32. The number of nitrogen functional groups attached to an aromatic ring is 1. The third-order valence-electron chi connectivity index (χ3n) is 3.82. The molecular formula is C19H16ClF2N3O2. The molecule has 0 spiro atoms. The Morgan fingerprint density at radius 2 is 1.93 bits per heavy atom. The average molecular weight is 392 g/mol. The van der Waals surface area contributed by atoms with Crippen molar-refractivity contribution in [2.24, 2.45) is 0 Å². The summed E-state index contributed by atoms with van der Waals surface area (Å²) in [5, 5.41) is -0.580. The van der Waals surface area contributed by atoms with Crippen molar-refractivity contribution in [1.82, 2.24) is 9.97 Å². The minimum Gasteiger partial charge on any atom is -0.487 e. The van der Waals surface area contributed by atoms with Gasteiger partial charge < -0.3 is 15.2 Å². The van der Waals surface area contributed by atoms with Gasteiger partial charge in [0, 0.05) is 24.0 Å². The van der Waals surface area contributed by atoms with Gasteiger partial charge in [0.25, 0.3) is 0 Å². The maximum atomic E-state index is 14.2. The van der Waals surface area contributed by atoms with Crippen LogP contribution in [0.3, 0.4) is 0 Å². The average Bonchev–Trinajstić information content (AvgIpc) is 2.67. The van der Waals surface area contributed by atoms with Crippen LogP contribution in [0.2, 0.25) is 5.02 Å². The van der Waals surface area contributed by atoms with Gasteiger partial charge in [0.15, 0.2) is 17.4 Å². The SMILES string of the molecule is CC(Oc1cc(OCc2ccncc2)cnc1N)c1ccc(F)c(Cl)c1F. The molecule has 3 aromatic rings. The van der Waals surface area contributed by atoms with Gasteiger partial charge in [-0.3, -0.25) is 4.98 Å².